The van der Waals surface area contributed by atoms with E-state index in [0.29, 0.717) is 0 Å². The number of carbonyl (C=O) groups is 1. The number of nitrogens with one attached hydrogen (secondary N) is 1. The van der Waals surface area contributed by atoms with Gasteiger partial charge in [0.15, 0.2) is 11.6 Å². The minimum Gasteiger partial charge on any atom is -0.299 e. The van der Waals surface area contributed by atoms with Gasteiger partial charge >= 0.3 is 0 Å². The minimum atomic E-state index is -1.16. The van der Waals surface area contributed by atoms with Crippen LogP contribution in [0.3, 0.4) is 0 Å². The Bertz CT molecular complexity index is 316. The largest absolute Gasteiger partial charge is 0.299 e. The Morgan fingerprint density at radius 3 is 2.67 bits per heavy atom. The molecule has 1 amide bonds. The summed E-state index contributed by atoms with van der Waals surface area (Å²) in [5.41, 5.74) is -0.356. The fourth-order valence-corrected chi connectivity index (χ4v) is 0.860. The number of thiol groups is 1. The van der Waals surface area contributed by atoms with Gasteiger partial charge in [0.25, 0.3) is 5.91 Å². The molecule has 64 valence electrons. The van der Waals surface area contributed by atoms with E-state index in [1.54, 1.807) is 0 Å². The lowest BCUT2D eigenvalue weighted by Gasteiger charge is -2.00. The summed E-state index contributed by atoms with van der Waals surface area (Å²) in [6.45, 7) is 0. The van der Waals surface area contributed by atoms with Gasteiger partial charge < -0.3 is 0 Å². The molecule has 1 aromatic carbocycles. The molecule has 1 aromatic rings. The molecule has 0 aliphatic heterocycles. The topological polar surface area (TPSA) is 29.1 Å². The van der Waals surface area contributed by atoms with E-state index in [9.17, 15) is 13.6 Å². The standard InChI is InChI=1S/C7H5F2NOS/c8-5-3-1-2-4(6(5)9)7(11)10-12/h1-3,12H,(H,10,11). The maximum absolute atomic E-state index is 12.8. The van der Waals surface area contributed by atoms with Crippen molar-refractivity contribution in [1.29, 1.82) is 0 Å². The van der Waals surface area contributed by atoms with E-state index in [-0.39, 0.29) is 5.56 Å². The molecule has 5 heteroatoms. The monoisotopic (exact) mass is 189 g/mol. The highest BCUT2D eigenvalue weighted by atomic mass is 32.1. The first kappa shape index (κ1) is 8.99. The Balaban J connectivity index is 3.16. The van der Waals surface area contributed by atoms with E-state index in [2.05, 4.69) is 12.8 Å². The normalized spacial score (nSPS) is 9.58. The molecule has 0 atom stereocenters. The number of rotatable bonds is 1. The molecule has 0 heterocycles. The van der Waals surface area contributed by atoms with Crippen molar-refractivity contribution in [2.45, 2.75) is 0 Å². The first-order chi connectivity index (χ1) is 5.66. The molecule has 0 radical (unpaired) electrons. The van der Waals surface area contributed by atoms with Crippen molar-refractivity contribution in [3.8, 4) is 0 Å². The molecule has 1 rings (SSSR count). The molecule has 0 saturated heterocycles. The highest BCUT2D eigenvalue weighted by Gasteiger charge is 2.12. The van der Waals surface area contributed by atoms with Gasteiger partial charge in [0.2, 0.25) is 0 Å². The molecule has 0 bridgehead atoms. The second-order valence-corrected chi connectivity index (χ2v) is 2.27. The fraction of sp³-hybridized carbons (Fsp3) is 0. The van der Waals surface area contributed by atoms with Crippen molar-refractivity contribution in [2.24, 2.45) is 0 Å². The number of benzene rings is 1. The average molecular weight is 189 g/mol. The molecule has 12 heavy (non-hydrogen) atoms. The van der Waals surface area contributed by atoms with Crippen molar-refractivity contribution >= 4 is 18.7 Å². The Morgan fingerprint density at radius 2 is 2.08 bits per heavy atom. The third-order valence-corrected chi connectivity index (χ3v) is 1.50. The molecule has 1 N–H and O–H groups in total. The van der Waals surface area contributed by atoms with E-state index in [1.165, 1.54) is 12.1 Å². The molecular weight excluding hydrogens is 184 g/mol. The summed E-state index contributed by atoms with van der Waals surface area (Å²) in [7, 11) is 0. The number of hydrogen-bond acceptors (Lipinski definition) is 2. The van der Waals surface area contributed by atoms with Crippen LogP contribution in [-0.2, 0) is 0 Å². The molecule has 2 nitrogen and oxygen atoms in total. The van der Waals surface area contributed by atoms with Crippen LogP contribution in [0, 0.1) is 11.6 Å². The van der Waals surface area contributed by atoms with Crippen LogP contribution in [0.5, 0.6) is 0 Å². The van der Waals surface area contributed by atoms with Crippen molar-refractivity contribution in [3.63, 3.8) is 0 Å². The summed E-state index contributed by atoms with van der Waals surface area (Å²) >= 11 is 3.42. The number of hydrogen-bond donors (Lipinski definition) is 2. The summed E-state index contributed by atoms with van der Waals surface area (Å²) < 4.78 is 27.2. The fourth-order valence-electron chi connectivity index (χ4n) is 0.739. The van der Waals surface area contributed by atoms with E-state index in [4.69, 9.17) is 0 Å². The lowest BCUT2D eigenvalue weighted by molar-refractivity contribution is 0.0980. The summed E-state index contributed by atoms with van der Waals surface area (Å²) in [6.07, 6.45) is 0. The Labute approximate surface area is 73.1 Å². The Morgan fingerprint density at radius 1 is 1.42 bits per heavy atom. The zero-order valence-electron chi connectivity index (χ0n) is 5.84. The van der Waals surface area contributed by atoms with E-state index < -0.39 is 17.5 Å². The summed E-state index contributed by atoms with van der Waals surface area (Å²) in [4.78, 5) is 10.8. The van der Waals surface area contributed by atoms with Gasteiger partial charge in [-0.1, -0.05) is 18.9 Å². The third kappa shape index (κ3) is 1.55. The van der Waals surface area contributed by atoms with Gasteiger partial charge in [0.1, 0.15) is 0 Å². The second kappa shape index (κ2) is 3.53. The zero-order valence-corrected chi connectivity index (χ0v) is 6.74. The first-order valence-electron chi connectivity index (χ1n) is 3.05. The maximum Gasteiger partial charge on any atom is 0.263 e. The highest BCUT2D eigenvalue weighted by molar-refractivity contribution is 7.78. The lowest BCUT2D eigenvalue weighted by atomic mass is 10.2. The molecular formula is C7H5F2NOS. The molecule has 0 unspecified atom stereocenters. The predicted octanol–water partition coefficient (Wildman–Crippen LogP) is 1.54. The minimum absolute atomic E-state index is 0.356. The quantitative estimate of drug-likeness (QED) is 0.644. The lowest BCUT2D eigenvalue weighted by Crippen LogP contribution is -2.15. The second-order valence-electron chi connectivity index (χ2n) is 2.04. The van der Waals surface area contributed by atoms with E-state index >= 15 is 0 Å². The van der Waals surface area contributed by atoms with Gasteiger partial charge in [-0.3, -0.25) is 9.52 Å². The van der Waals surface area contributed by atoms with E-state index in [0.717, 1.165) is 6.07 Å². The molecule has 0 fully saturated rings. The van der Waals surface area contributed by atoms with Crippen LogP contribution in [-0.4, -0.2) is 5.91 Å². The van der Waals surface area contributed by atoms with Gasteiger partial charge in [-0.25, -0.2) is 8.78 Å². The maximum atomic E-state index is 12.8. The molecule has 0 aromatic heterocycles. The van der Waals surface area contributed by atoms with Crippen LogP contribution in [0.25, 0.3) is 0 Å². The molecule has 0 spiro atoms. The zero-order chi connectivity index (χ0) is 9.14. The SMILES string of the molecule is O=C(NS)c1cccc(F)c1F. The van der Waals surface area contributed by atoms with Crippen molar-refractivity contribution in [3.05, 3.63) is 35.4 Å². The van der Waals surface area contributed by atoms with Gasteiger partial charge in [-0.05, 0) is 12.1 Å². The van der Waals surface area contributed by atoms with E-state index in [1.807, 2.05) is 4.72 Å². The van der Waals surface area contributed by atoms with Gasteiger partial charge in [0, 0.05) is 0 Å². The van der Waals surface area contributed by atoms with Crippen molar-refractivity contribution < 1.29 is 13.6 Å². The van der Waals surface area contributed by atoms with Gasteiger partial charge in [-0.2, -0.15) is 0 Å². The van der Waals surface area contributed by atoms with Crippen LogP contribution in [0.15, 0.2) is 18.2 Å². The number of carbonyl (C=O) groups excluding carboxylic acids is 1. The third-order valence-electron chi connectivity index (χ3n) is 1.30. The average Bonchev–Trinajstić information content (AvgIpc) is 2.08. The van der Waals surface area contributed by atoms with Crippen LogP contribution >= 0.6 is 12.8 Å². The van der Waals surface area contributed by atoms with Crippen LogP contribution in [0.2, 0.25) is 0 Å². The van der Waals surface area contributed by atoms with Crippen molar-refractivity contribution in [2.75, 3.05) is 0 Å². The Hall–Kier alpha value is -1.10. The molecule has 0 aliphatic carbocycles. The van der Waals surface area contributed by atoms with Crippen molar-refractivity contribution in [1.82, 2.24) is 4.72 Å². The smallest absolute Gasteiger partial charge is 0.263 e. The summed E-state index contributed by atoms with van der Waals surface area (Å²) in [6, 6.07) is 3.35. The number of amides is 1. The van der Waals surface area contributed by atoms with Crippen LogP contribution in [0.1, 0.15) is 10.4 Å². The molecule has 0 aliphatic rings. The van der Waals surface area contributed by atoms with Gasteiger partial charge in [-0.15, -0.1) is 0 Å². The number of halogens is 2. The summed E-state index contributed by atoms with van der Waals surface area (Å²) in [5, 5.41) is 0. The predicted molar refractivity (Wildman–Crippen MR) is 42.8 cm³/mol. The summed E-state index contributed by atoms with van der Waals surface area (Å²) in [5.74, 6) is -2.98. The van der Waals surface area contributed by atoms with Crippen LogP contribution < -0.4 is 4.72 Å². The Kier molecular flexibility index (Phi) is 2.65. The highest BCUT2D eigenvalue weighted by Crippen LogP contribution is 2.10. The first-order valence-corrected chi connectivity index (χ1v) is 3.50. The van der Waals surface area contributed by atoms with Crippen LogP contribution in [0.4, 0.5) is 8.78 Å². The molecule has 0 saturated carbocycles. The van der Waals surface area contributed by atoms with Gasteiger partial charge in [0.05, 0.1) is 5.56 Å².